The number of rotatable bonds is 4. The van der Waals surface area contributed by atoms with Crippen molar-refractivity contribution in [2.75, 3.05) is 13.3 Å². The number of ether oxygens (including phenoxy) is 1. The summed E-state index contributed by atoms with van der Waals surface area (Å²) in [7, 11) is 0. The van der Waals surface area contributed by atoms with Gasteiger partial charge in [-0.1, -0.05) is 60.1 Å². The largest absolute Gasteiger partial charge is 0.481 e. The maximum atomic E-state index is 12.1. The molecule has 1 amide bonds. The van der Waals surface area contributed by atoms with Crippen LogP contribution in [-0.4, -0.2) is 35.2 Å². The molecular weight excluding hydrogens is 378 g/mol. The van der Waals surface area contributed by atoms with Crippen molar-refractivity contribution in [3.63, 3.8) is 0 Å². The fraction of sp³-hybridized carbons (Fsp3) is 0.182. The minimum absolute atomic E-state index is 0.0339. The van der Waals surface area contributed by atoms with Crippen LogP contribution in [0.25, 0.3) is 10.8 Å². The number of fused-ring (bicyclic) bond motifs is 2. The number of amides is 1. The van der Waals surface area contributed by atoms with Gasteiger partial charge in [-0.2, -0.15) is 0 Å². The molecule has 0 aromatic heterocycles. The zero-order chi connectivity index (χ0) is 19.9. The van der Waals surface area contributed by atoms with E-state index < -0.39 is 5.97 Å². The molecule has 1 heterocycles. The third-order valence-electron chi connectivity index (χ3n) is 4.31. The van der Waals surface area contributed by atoms with Gasteiger partial charge in [-0.15, -0.1) is 0 Å². The van der Waals surface area contributed by atoms with Gasteiger partial charge in [0.05, 0.1) is 5.56 Å². The molecule has 0 aliphatic carbocycles. The van der Waals surface area contributed by atoms with Crippen LogP contribution >= 0.6 is 11.6 Å². The number of aliphatic carboxylic acids is 1. The van der Waals surface area contributed by atoms with Gasteiger partial charge in [-0.25, -0.2) is 0 Å². The molecule has 1 aliphatic rings. The molecule has 0 saturated carbocycles. The molecule has 0 saturated heterocycles. The third-order valence-corrected chi connectivity index (χ3v) is 4.55. The molecule has 6 heteroatoms. The molecule has 4 rings (SSSR count). The van der Waals surface area contributed by atoms with Crippen LogP contribution in [0, 0.1) is 0 Å². The van der Waals surface area contributed by atoms with E-state index in [4.69, 9.17) is 21.4 Å². The zero-order valence-corrected chi connectivity index (χ0v) is 15.9. The van der Waals surface area contributed by atoms with E-state index in [0.717, 1.165) is 0 Å². The standard InChI is InChI=1S/C12H12ClNO4.C10H8/c13-8-3-4-10-9(6-8)12(17)14(7-18-10)5-1-2-11(15)16;1-2-6-10-8-4-3-7-9(10)5-1/h3-4,6H,1-2,5,7H2,(H,15,16);1-8H. The SMILES string of the molecule is O=C(O)CCCN1COc2ccc(Cl)cc2C1=O.c1ccc2ccccc2c1. The van der Waals surface area contributed by atoms with E-state index >= 15 is 0 Å². The molecule has 1 N–H and O–H groups in total. The van der Waals surface area contributed by atoms with Crippen molar-refractivity contribution < 1.29 is 19.4 Å². The number of benzene rings is 3. The lowest BCUT2D eigenvalue weighted by atomic mass is 10.1. The predicted molar refractivity (Wildman–Crippen MR) is 109 cm³/mol. The number of carbonyl (C=O) groups excluding carboxylic acids is 1. The van der Waals surface area contributed by atoms with Gasteiger partial charge in [0.25, 0.3) is 5.91 Å². The van der Waals surface area contributed by atoms with Gasteiger partial charge < -0.3 is 14.7 Å². The minimum atomic E-state index is -0.871. The summed E-state index contributed by atoms with van der Waals surface area (Å²) in [4.78, 5) is 24.0. The minimum Gasteiger partial charge on any atom is -0.481 e. The van der Waals surface area contributed by atoms with Gasteiger partial charge in [0, 0.05) is 18.0 Å². The van der Waals surface area contributed by atoms with Gasteiger partial charge in [-0.05, 0) is 35.4 Å². The predicted octanol–water partition coefficient (Wildman–Crippen LogP) is 4.84. The van der Waals surface area contributed by atoms with Crippen molar-refractivity contribution in [1.82, 2.24) is 4.90 Å². The molecule has 0 spiro atoms. The van der Waals surface area contributed by atoms with Gasteiger partial charge in [0.1, 0.15) is 5.75 Å². The van der Waals surface area contributed by atoms with Crippen molar-refractivity contribution in [2.24, 2.45) is 0 Å². The topological polar surface area (TPSA) is 66.8 Å². The van der Waals surface area contributed by atoms with Crippen molar-refractivity contribution in [3.05, 3.63) is 77.3 Å². The van der Waals surface area contributed by atoms with E-state index in [-0.39, 0.29) is 19.1 Å². The quantitative estimate of drug-likeness (QED) is 0.684. The molecule has 0 fully saturated rings. The molecule has 144 valence electrons. The first-order valence-electron chi connectivity index (χ1n) is 8.92. The molecule has 1 aliphatic heterocycles. The highest BCUT2D eigenvalue weighted by atomic mass is 35.5. The molecule has 0 radical (unpaired) electrons. The van der Waals surface area contributed by atoms with Crippen LogP contribution in [0.15, 0.2) is 66.7 Å². The monoisotopic (exact) mass is 397 g/mol. The van der Waals surface area contributed by atoms with Crippen LogP contribution in [-0.2, 0) is 4.79 Å². The normalized spacial score (nSPS) is 12.6. The van der Waals surface area contributed by atoms with Crippen LogP contribution in [0.5, 0.6) is 5.75 Å². The van der Waals surface area contributed by atoms with E-state index in [9.17, 15) is 9.59 Å². The smallest absolute Gasteiger partial charge is 0.303 e. The van der Waals surface area contributed by atoms with E-state index in [1.54, 1.807) is 18.2 Å². The maximum absolute atomic E-state index is 12.1. The lowest BCUT2D eigenvalue weighted by molar-refractivity contribution is -0.137. The van der Waals surface area contributed by atoms with E-state index in [2.05, 4.69) is 48.5 Å². The lowest BCUT2D eigenvalue weighted by Gasteiger charge is -2.28. The van der Waals surface area contributed by atoms with Crippen molar-refractivity contribution in [3.8, 4) is 5.75 Å². The first-order valence-corrected chi connectivity index (χ1v) is 9.29. The first kappa shape index (κ1) is 19.7. The summed E-state index contributed by atoms with van der Waals surface area (Å²) in [6.07, 6.45) is 0.437. The number of hydrogen-bond acceptors (Lipinski definition) is 3. The molecule has 28 heavy (non-hydrogen) atoms. The number of carboxylic acid groups (broad SMARTS) is 1. The van der Waals surface area contributed by atoms with Gasteiger partial charge in [-0.3, -0.25) is 9.59 Å². The van der Waals surface area contributed by atoms with Gasteiger partial charge >= 0.3 is 5.97 Å². The summed E-state index contributed by atoms with van der Waals surface area (Å²) in [5, 5.41) is 11.6. The molecule has 3 aromatic carbocycles. The highest BCUT2D eigenvalue weighted by molar-refractivity contribution is 6.31. The summed E-state index contributed by atoms with van der Waals surface area (Å²) < 4.78 is 5.42. The Balaban J connectivity index is 0.000000188. The Morgan fingerprint density at radius 2 is 1.64 bits per heavy atom. The second-order valence-corrected chi connectivity index (χ2v) is 6.76. The van der Waals surface area contributed by atoms with Crippen molar-refractivity contribution in [2.45, 2.75) is 12.8 Å². The number of hydrogen-bond donors (Lipinski definition) is 1. The first-order chi connectivity index (χ1) is 13.5. The average Bonchev–Trinajstić information content (AvgIpc) is 2.70. The molecule has 3 aromatic rings. The molecular formula is C22H20ClNO4. The molecule has 0 atom stereocenters. The van der Waals surface area contributed by atoms with Crippen LogP contribution < -0.4 is 4.74 Å². The van der Waals surface area contributed by atoms with Crippen LogP contribution in [0.3, 0.4) is 0 Å². The van der Waals surface area contributed by atoms with Crippen LogP contribution in [0.2, 0.25) is 5.02 Å². The Labute approximate surface area is 168 Å². The molecule has 0 unspecified atom stereocenters. The molecule has 5 nitrogen and oxygen atoms in total. The third kappa shape index (κ3) is 5.02. The summed E-state index contributed by atoms with van der Waals surface area (Å²) in [5.74, 6) is -0.535. The second-order valence-electron chi connectivity index (χ2n) is 6.33. The Morgan fingerprint density at radius 3 is 2.21 bits per heavy atom. The number of halogens is 1. The number of carboxylic acids is 1. The van der Waals surface area contributed by atoms with E-state index in [0.29, 0.717) is 29.3 Å². The van der Waals surface area contributed by atoms with E-state index in [1.807, 2.05) is 0 Å². The van der Waals surface area contributed by atoms with Gasteiger partial charge in [0.15, 0.2) is 6.73 Å². The van der Waals surface area contributed by atoms with Crippen molar-refractivity contribution >= 4 is 34.2 Å². The fourth-order valence-corrected chi connectivity index (χ4v) is 3.06. The van der Waals surface area contributed by atoms with Crippen LogP contribution in [0.4, 0.5) is 0 Å². The summed E-state index contributed by atoms with van der Waals surface area (Å²) in [6.45, 7) is 0.504. The second kappa shape index (κ2) is 9.24. The highest BCUT2D eigenvalue weighted by Gasteiger charge is 2.25. The summed E-state index contributed by atoms with van der Waals surface area (Å²) in [5.41, 5.74) is 0.420. The average molecular weight is 398 g/mol. The Kier molecular flexibility index (Phi) is 6.50. The van der Waals surface area contributed by atoms with E-state index in [1.165, 1.54) is 15.7 Å². The number of nitrogens with zero attached hydrogens (tertiary/aromatic N) is 1. The maximum Gasteiger partial charge on any atom is 0.303 e. The Hall–Kier alpha value is -3.05. The molecule has 0 bridgehead atoms. The Bertz CT molecular complexity index is 924. The number of carbonyl (C=O) groups is 2. The lowest BCUT2D eigenvalue weighted by Crippen LogP contribution is -2.39. The summed E-state index contributed by atoms with van der Waals surface area (Å²) in [6, 6.07) is 21.6. The Morgan fingerprint density at radius 1 is 1.04 bits per heavy atom. The van der Waals surface area contributed by atoms with Gasteiger partial charge in [0.2, 0.25) is 0 Å². The fourth-order valence-electron chi connectivity index (χ4n) is 2.89. The summed E-state index contributed by atoms with van der Waals surface area (Å²) >= 11 is 5.83. The highest BCUT2D eigenvalue weighted by Crippen LogP contribution is 2.27. The van der Waals surface area contributed by atoms with Crippen molar-refractivity contribution in [1.29, 1.82) is 0 Å². The van der Waals surface area contributed by atoms with Crippen LogP contribution in [0.1, 0.15) is 23.2 Å². The zero-order valence-electron chi connectivity index (χ0n) is 15.2.